The zero-order chi connectivity index (χ0) is 21.3. The molecule has 2 aromatic rings. The number of amides is 1. The second-order valence-electron chi connectivity index (χ2n) is 7.74. The highest BCUT2D eigenvalue weighted by Gasteiger charge is 2.39. The molecule has 1 unspecified atom stereocenters. The van der Waals surface area contributed by atoms with E-state index in [1.165, 1.54) is 16.4 Å². The predicted molar refractivity (Wildman–Crippen MR) is 110 cm³/mol. The van der Waals surface area contributed by atoms with Gasteiger partial charge in [-0.1, -0.05) is 12.1 Å². The van der Waals surface area contributed by atoms with Crippen molar-refractivity contribution >= 4 is 15.9 Å². The van der Waals surface area contributed by atoms with Crippen LogP contribution in [0.3, 0.4) is 0 Å². The average molecular weight is 433 g/mol. The normalized spacial score (nSPS) is 21.3. The highest BCUT2D eigenvalue weighted by Crippen LogP contribution is 2.25. The summed E-state index contributed by atoms with van der Waals surface area (Å²) in [6.45, 7) is 4.33. The summed E-state index contributed by atoms with van der Waals surface area (Å²) in [6.07, 6.45) is 2.44. The Hall–Kier alpha value is -2.36. The van der Waals surface area contributed by atoms with Crippen LogP contribution in [0.25, 0.3) is 0 Å². The minimum absolute atomic E-state index is 0.00873. The maximum atomic E-state index is 13.6. The first-order valence-electron chi connectivity index (χ1n) is 10.1. The second-order valence-corrected chi connectivity index (χ2v) is 9.64. The topological polar surface area (TPSA) is 73.8 Å². The van der Waals surface area contributed by atoms with Gasteiger partial charge in [-0.25, -0.2) is 12.8 Å². The van der Waals surface area contributed by atoms with Crippen LogP contribution < -0.4 is 0 Å². The van der Waals surface area contributed by atoms with E-state index < -0.39 is 15.8 Å². The van der Waals surface area contributed by atoms with Crippen molar-refractivity contribution in [3.05, 3.63) is 59.7 Å². The molecule has 7 nitrogen and oxygen atoms in total. The monoisotopic (exact) mass is 432 g/mol. The van der Waals surface area contributed by atoms with Gasteiger partial charge in [-0.3, -0.25) is 14.7 Å². The molecule has 2 aliphatic rings. The van der Waals surface area contributed by atoms with E-state index in [0.717, 1.165) is 18.2 Å². The summed E-state index contributed by atoms with van der Waals surface area (Å²) in [4.78, 5) is 21.0. The minimum atomic E-state index is -3.76. The molecule has 0 aliphatic carbocycles. The Balaban J connectivity index is 1.39. The number of rotatable bonds is 5. The number of carbonyl (C=O) groups is 1. The summed E-state index contributed by atoms with van der Waals surface area (Å²) < 4.78 is 40.9. The SMILES string of the molecule is Cc1ccc(F)cc1S(=O)(=O)N1CCN(C2CCN(Cc3ccccn3)C2=O)CC1. The van der Waals surface area contributed by atoms with Gasteiger partial charge in [-0.15, -0.1) is 0 Å². The molecule has 1 amide bonds. The standard InChI is InChI=1S/C21H25FN4O3S/c1-16-5-6-17(22)14-20(16)30(28,29)26-12-10-24(11-13-26)19-7-9-25(21(19)27)15-18-4-2-3-8-23-18/h2-6,8,14,19H,7,9-13,15H2,1H3. The zero-order valence-corrected chi connectivity index (χ0v) is 17.7. The number of aryl methyl sites for hydroxylation is 1. The summed E-state index contributed by atoms with van der Waals surface area (Å²) >= 11 is 0. The molecule has 0 saturated carbocycles. The highest BCUT2D eigenvalue weighted by atomic mass is 32.2. The van der Waals surface area contributed by atoms with Gasteiger partial charge in [-0.05, 0) is 43.2 Å². The minimum Gasteiger partial charge on any atom is -0.335 e. The molecule has 9 heteroatoms. The van der Waals surface area contributed by atoms with Crippen LogP contribution in [0.4, 0.5) is 4.39 Å². The number of piperazine rings is 1. The quantitative estimate of drug-likeness (QED) is 0.718. The van der Waals surface area contributed by atoms with Gasteiger partial charge in [0.15, 0.2) is 0 Å². The molecule has 1 aromatic carbocycles. The Kier molecular flexibility index (Phi) is 5.86. The van der Waals surface area contributed by atoms with Gasteiger partial charge in [-0.2, -0.15) is 4.31 Å². The van der Waals surface area contributed by atoms with Gasteiger partial charge in [0.1, 0.15) is 5.82 Å². The fourth-order valence-corrected chi connectivity index (χ4v) is 5.81. The molecule has 2 saturated heterocycles. The smallest absolute Gasteiger partial charge is 0.243 e. The number of halogens is 1. The van der Waals surface area contributed by atoms with Crippen LogP contribution in [0.5, 0.6) is 0 Å². The molecule has 160 valence electrons. The first-order chi connectivity index (χ1) is 14.4. The van der Waals surface area contributed by atoms with Crippen molar-refractivity contribution in [1.29, 1.82) is 0 Å². The van der Waals surface area contributed by atoms with E-state index in [1.807, 2.05) is 23.1 Å². The van der Waals surface area contributed by atoms with Gasteiger partial charge in [0.05, 0.1) is 23.2 Å². The van der Waals surface area contributed by atoms with Gasteiger partial charge in [0.25, 0.3) is 0 Å². The Morgan fingerprint density at radius 1 is 1.10 bits per heavy atom. The van der Waals surface area contributed by atoms with Crippen molar-refractivity contribution in [1.82, 2.24) is 19.1 Å². The van der Waals surface area contributed by atoms with Gasteiger partial charge in [0.2, 0.25) is 15.9 Å². The Morgan fingerprint density at radius 2 is 1.87 bits per heavy atom. The number of nitrogens with zero attached hydrogens (tertiary/aromatic N) is 4. The van der Waals surface area contributed by atoms with E-state index in [0.29, 0.717) is 31.7 Å². The fourth-order valence-electron chi connectivity index (χ4n) is 4.15. The molecule has 0 N–H and O–H groups in total. The van der Waals surface area contributed by atoms with Crippen LogP contribution in [-0.4, -0.2) is 72.2 Å². The first kappa shape index (κ1) is 20.9. The molecule has 0 bridgehead atoms. The van der Waals surface area contributed by atoms with Crippen molar-refractivity contribution in [3.8, 4) is 0 Å². The molecule has 0 radical (unpaired) electrons. The lowest BCUT2D eigenvalue weighted by Gasteiger charge is -2.36. The molecule has 2 aliphatic heterocycles. The number of aromatic nitrogens is 1. The maximum absolute atomic E-state index is 13.6. The number of hydrogen-bond donors (Lipinski definition) is 0. The van der Waals surface area contributed by atoms with Gasteiger partial charge < -0.3 is 4.90 Å². The summed E-state index contributed by atoms with van der Waals surface area (Å²) in [7, 11) is -3.76. The highest BCUT2D eigenvalue weighted by molar-refractivity contribution is 7.89. The van der Waals surface area contributed by atoms with Crippen LogP contribution in [-0.2, 0) is 21.4 Å². The summed E-state index contributed by atoms with van der Waals surface area (Å²) in [5.74, 6) is -0.500. The number of benzene rings is 1. The van der Waals surface area contributed by atoms with Gasteiger partial charge >= 0.3 is 0 Å². The molecular formula is C21H25FN4O3S. The third-order valence-corrected chi connectivity index (χ3v) is 7.87. The van der Waals surface area contributed by atoms with E-state index in [1.54, 1.807) is 13.1 Å². The Morgan fingerprint density at radius 3 is 2.57 bits per heavy atom. The number of carbonyl (C=O) groups excluding carboxylic acids is 1. The molecule has 0 spiro atoms. The largest absolute Gasteiger partial charge is 0.335 e. The molecular weight excluding hydrogens is 407 g/mol. The number of sulfonamides is 1. The number of hydrogen-bond acceptors (Lipinski definition) is 5. The Labute approximate surface area is 176 Å². The summed E-state index contributed by atoms with van der Waals surface area (Å²) in [5, 5.41) is 0. The molecule has 4 rings (SSSR count). The van der Waals surface area contributed by atoms with Crippen LogP contribution in [0, 0.1) is 12.7 Å². The molecule has 3 heterocycles. The number of likely N-dealkylation sites (tertiary alicyclic amines) is 1. The predicted octanol–water partition coefficient (Wildman–Crippen LogP) is 1.64. The lowest BCUT2D eigenvalue weighted by Crippen LogP contribution is -2.53. The van der Waals surface area contributed by atoms with Crippen LogP contribution in [0.1, 0.15) is 17.7 Å². The van der Waals surface area contributed by atoms with E-state index in [9.17, 15) is 17.6 Å². The van der Waals surface area contributed by atoms with E-state index in [4.69, 9.17) is 0 Å². The summed E-state index contributed by atoms with van der Waals surface area (Å²) in [6, 6.07) is 9.23. The van der Waals surface area contributed by atoms with Crippen molar-refractivity contribution in [2.75, 3.05) is 32.7 Å². The molecule has 30 heavy (non-hydrogen) atoms. The van der Waals surface area contributed by atoms with Crippen LogP contribution in [0.2, 0.25) is 0 Å². The number of pyridine rings is 1. The fraction of sp³-hybridized carbons (Fsp3) is 0.429. The zero-order valence-electron chi connectivity index (χ0n) is 16.9. The van der Waals surface area contributed by atoms with E-state index >= 15 is 0 Å². The van der Waals surface area contributed by atoms with Crippen molar-refractivity contribution in [2.24, 2.45) is 0 Å². The van der Waals surface area contributed by atoms with E-state index in [2.05, 4.69) is 9.88 Å². The van der Waals surface area contributed by atoms with E-state index in [-0.39, 0.29) is 29.9 Å². The first-order valence-corrected chi connectivity index (χ1v) is 11.5. The molecule has 1 aromatic heterocycles. The lowest BCUT2D eigenvalue weighted by atomic mass is 10.2. The van der Waals surface area contributed by atoms with Crippen molar-refractivity contribution < 1.29 is 17.6 Å². The van der Waals surface area contributed by atoms with Crippen LogP contribution >= 0.6 is 0 Å². The maximum Gasteiger partial charge on any atom is 0.243 e. The average Bonchev–Trinajstić information content (AvgIpc) is 3.10. The van der Waals surface area contributed by atoms with Crippen LogP contribution in [0.15, 0.2) is 47.5 Å². The van der Waals surface area contributed by atoms with Crippen molar-refractivity contribution in [2.45, 2.75) is 30.8 Å². The Bertz CT molecular complexity index is 1020. The third kappa shape index (κ3) is 4.10. The molecule has 2 fully saturated rings. The third-order valence-electron chi connectivity index (χ3n) is 5.83. The van der Waals surface area contributed by atoms with Gasteiger partial charge in [0, 0.05) is 38.9 Å². The second kappa shape index (κ2) is 8.41. The summed E-state index contributed by atoms with van der Waals surface area (Å²) in [5.41, 5.74) is 1.38. The lowest BCUT2D eigenvalue weighted by molar-refractivity contribution is -0.133. The van der Waals surface area contributed by atoms with Crippen molar-refractivity contribution in [3.63, 3.8) is 0 Å². The molecule has 1 atom stereocenters.